The van der Waals surface area contributed by atoms with E-state index in [1.165, 1.54) is 38.5 Å². The molecule has 21 heavy (non-hydrogen) atoms. The second-order valence-corrected chi connectivity index (χ2v) is 7.98. The summed E-state index contributed by atoms with van der Waals surface area (Å²) >= 11 is 3.52. The summed E-state index contributed by atoms with van der Waals surface area (Å²) in [5, 5.41) is 11.0. The Hall–Kier alpha value is -0.540. The summed E-state index contributed by atoms with van der Waals surface area (Å²) < 4.78 is 6.49. The third-order valence-corrected chi connectivity index (χ3v) is 6.16. The van der Waals surface area contributed by atoms with Crippen LogP contribution in [0.5, 0.6) is 5.75 Å². The van der Waals surface area contributed by atoms with Gasteiger partial charge in [0.25, 0.3) is 0 Å². The number of aliphatic hydroxyl groups is 1. The maximum Gasteiger partial charge on any atom is 0.122 e. The van der Waals surface area contributed by atoms with E-state index in [0.29, 0.717) is 11.8 Å². The van der Waals surface area contributed by atoms with Crippen LogP contribution >= 0.6 is 15.9 Å². The molecule has 2 aliphatic carbocycles. The SMILES string of the molecule is COc1ccc(Br)cc1CC1(O)CCC2(CCCC2)CC1. The van der Waals surface area contributed by atoms with Crippen molar-refractivity contribution in [1.29, 1.82) is 0 Å². The first-order valence-corrected chi connectivity index (χ1v) is 8.88. The lowest BCUT2D eigenvalue weighted by molar-refractivity contribution is -0.0325. The first-order valence-electron chi connectivity index (χ1n) is 8.09. The average molecular weight is 353 g/mol. The lowest BCUT2D eigenvalue weighted by Gasteiger charge is -2.42. The minimum atomic E-state index is -0.554. The summed E-state index contributed by atoms with van der Waals surface area (Å²) in [7, 11) is 1.70. The molecule has 1 aromatic carbocycles. The van der Waals surface area contributed by atoms with E-state index < -0.39 is 5.60 Å². The number of hydrogen-bond donors (Lipinski definition) is 1. The highest BCUT2D eigenvalue weighted by Gasteiger charge is 2.43. The van der Waals surface area contributed by atoms with Crippen LogP contribution < -0.4 is 4.74 Å². The van der Waals surface area contributed by atoms with Crippen LogP contribution in [0.15, 0.2) is 22.7 Å². The van der Waals surface area contributed by atoms with Crippen molar-refractivity contribution in [3.63, 3.8) is 0 Å². The predicted molar refractivity (Wildman–Crippen MR) is 88.7 cm³/mol. The van der Waals surface area contributed by atoms with Gasteiger partial charge in [-0.3, -0.25) is 0 Å². The molecule has 2 fully saturated rings. The molecule has 0 saturated heterocycles. The monoisotopic (exact) mass is 352 g/mol. The Morgan fingerprint density at radius 3 is 2.38 bits per heavy atom. The second-order valence-electron chi connectivity index (χ2n) is 7.06. The summed E-state index contributed by atoms with van der Waals surface area (Å²) in [6.07, 6.45) is 10.5. The van der Waals surface area contributed by atoms with Gasteiger partial charge < -0.3 is 9.84 Å². The zero-order valence-corrected chi connectivity index (χ0v) is 14.4. The van der Waals surface area contributed by atoms with Crippen LogP contribution in [-0.2, 0) is 6.42 Å². The Morgan fingerprint density at radius 1 is 1.10 bits per heavy atom. The van der Waals surface area contributed by atoms with Gasteiger partial charge in [0.15, 0.2) is 0 Å². The van der Waals surface area contributed by atoms with Crippen LogP contribution in [0.4, 0.5) is 0 Å². The van der Waals surface area contributed by atoms with Gasteiger partial charge in [0.1, 0.15) is 5.75 Å². The molecule has 0 aliphatic heterocycles. The molecule has 1 N–H and O–H groups in total. The molecule has 0 heterocycles. The second kappa shape index (κ2) is 5.92. The molecule has 3 heteroatoms. The third kappa shape index (κ3) is 3.29. The van der Waals surface area contributed by atoms with Crippen molar-refractivity contribution in [1.82, 2.24) is 0 Å². The molecular weight excluding hydrogens is 328 g/mol. The normalized spacial score (nSPS) is 23.4. The van der Waals surface area contributed by atoms with Crippen LogP contribution in [0.25, 0.3) is 0 Å². The number of benzene rings is 1. The molecule has 0 radical (unpaired) electrons. The molecule has 2 saturated carbocycles. The van der Waals surface area contributed by atoms with E-state index in [1.54, 1.807) is 7.11 Å². The Morgan fingerprint density at radius 2 is 1.76 bits per heavy atom. The van der Waals surface area contributed by atoms with E-state index in [0.717, 1.165) is 28.6 Å². The van der Waals surface area contributed by atoms with Gasteiger partial charge in [0.2, 0.25) is 0 Å². The van der Waals surface area contributed by atoms with E-state index in [4.69, 9.17) is 4.74 Å². The zero-order valence-electron chi connectivity index (χ0n) is 12.8. The molecule has 2 nitrogen and oxygen atoms in total. The Kier molecular flexibility index (Phi) is 4.33. The van der Waals surface area contributed by atoms with Crippen molar-refractivity contribution >= 4 is 15.9 Å². The number of rotatable bonds is 3. The molecule has 1 spiro atoms. The summed E-state index contributed by atoms with van der Waals surface area (Å²) in [6.45, 7) is 0. The predicted octanol–water partition coefficient (Wildman–Crippen LogP) is 4.87. The van der Waals surface area contributed by atoms with Crippen molar-refractivity contribution in [3.8, 4) is 5.75 Å². The van der Waals surface area contributed by atoms with Crippen LogP contribution in [0.3, 0.4) is 0 Å². The standard InChI is InChI=1S/C18H25BrO2/c1-21-16-5-4-15(19)12-14(16)13-18(20)10-8-17(9-11-18)6-2-3-7-17/h4-5,12,20H,2-3,6-11,13H2,1H3. The first-order chi connectivity index (χ1) is 10.0. The van der Waals surface area contributed by atoms with Crippen LogP contribution in [-0.4, -0.2) is 17.8 Å². The van der Waals surface area contributed by atoms with Gasteiger partial charge in [-0.25, -0.2) is 0 Å². The Balaban J connectivity index is 1.71. The molecule has 1 aromatic rings. The van der Waals surface area contributed by atoms with Crippen molar-refractivity contribution in [2.24, 2.45) is 5.41 Å². The van der Waals surface area contributed by atoms with E-state index in [9.17, 15) is 5.11 Å². The highest BCUT2D eigenvalue weighted by molar-refractivity contribution is 9.10. The van der Waals surface area contributed by atoms with E-state index >= 15 is 0 Å². The molecule has 2 aliphatic rings. The largest absolute Gasteiger partial charge is 0.496 e. The molecular formula is C18H25BrO2. The lowest BCUT2D eigenvalue weighted by Crippen LogP contribution is -2.39. The smallest absolute Gasteiger partial charge is 0.122 e. The summed E-state index contributed by atoms with van der Waals surface area (Å²) in [6, 6.07) is 6.04. The van der Waals surface area contributed by atoms with Crippen molar-refractivity contribution in [2.45, 2.75) is 63.4 Å². The molecule has 0 bridgehead atoms. The molecule has 0 atom stereocenters. The van der Waals surface area contributed by atoms with Crippen LogP contribution in [0, 0.1) is 5.41 Å². The average Bonchev–Trinajstić information content (AvgIpc) is 2.92. The van der Waals surface area contributed by atoms with Gasteiger partial charge in [-0.1, -0.05) is 28.8 Å². The molecule has 0 unspecified atom stereocenters. The van der Waals surface area contributed by atoms with Crippen LogP contribution in [0.1, 0.15) is 56.9 Å². The maximum atomic E-state index is 11.0. The topological polar surface area (TPSA) is 29.5 Å². The fourth-order valence-electron chi connectivity index (χ4n) is 4.29. The van der Waals surface area contributed by atoms with Gasteiger partial charge in [-0.15, -0.1) is 0 Å². The molecule has 0 amide bonds. The molecule has 116 valence electrons. The fourth-order valence-corrected chi connectivity index (χ4v) is 4.70. The minimum Gasteiger partial charge on any atom is -0.496 e. The molecule has 0 aromatic heterocycles. The van der Waals surface area contributed by atoms with Crippen molar-refractivity contribution in [2.75, 3.05) is 7.11 Å². The Labute approximate surface area is 136 Å². The van der Waals surface area contributed by atoms with Gasteiger partial charge >= 0.3 is 0 Å². The highest BCUT2D eigenvalue weighted by atomic mass is 79.9. The number of methoxy groups -OCH3 is 1. The maximum absolute atomic E-state index is 11.0. The summed E-state index contributed by atoms with van der Waals surface area (Å²) in [4.78, 5) is 0. The van der Waals surface area contributed by atoms with E-state index in [2.05, 4.69) is 22.0 Å². The van der Waals surface area contributed by atoms with Gasteiger partial charge in [-0.2, -0.15) is 0 Å². The number of ether oxygens (including phenoxy) is 1. The quantitative estimate of drug-likeness (QED) is 0.840. The Bertz CT molecular complexity index is 496. The zero-order chi connectivity index (χ0) is 14.9. The van der Waals surface area contributed by atoms with E-state index in [-0.39, 0.29) is 0 Å². The van der Waals surface area contributed by atoms with Gasteiger partial charge in [0.05, 0.1) is 12.7 Å². The van der Waals surface area contributed by atoms with Gasteiger partial charge in [0, 0.05) is 10.9 Å². The number of hydrogen-bond acceptors (Lipinski definition) is 2. The molecule has 3 rings (SSSR count). The van der Waals surface area contributed by atoms with Gasteiger partial charge in [-0.05, 0) is 67.7 Å². The number of halogens is 1. The lowest BCUT2D eigenvalue weighted by atomic mass is 9.66. The highest BCUT2D eigenvalue weighted by Crippen LogP contribution is 2.52. The summed E-state index contributed by atoms with van der Waals surface area (Å²) in [5.74, 6) is 0.882. The van der Waals surface area contributed by atoms with Crippen molar-refractivity contribution in [3.05, 3.63) is 28.2 Å². The van der Waals surface area contributed by atoms with Crippen LogP contribution in [0.2, 0.25) is 0 Å². The van der Waals surface area contributed by atoms with Crippen molar-refractivity contribution < 1.29 is 9.84 Å². The minimum absolute atomic E-state index is 0.554. The summed E-state index contributed by atoms with van der Waals surface area (Å²) in [5.41, 5.74) is 1.12. The first kappa shape index (κ1) is 15.4. The fraction of sp³-hybridized carbons (Fsp3) is 0.667. The van der Waals surface area contributed by atoms with E-state index in [1.807, 2.05) is 12.1 Å². The third-order valence-electron chi connectivity index (χ3n) is 5.67.